The normalized spacial score (nSPS) is 10.1. The number of benzene rings is 1. The van der Waals surface area contributed by atoms with Crippen LogP contribution in [0.5, 0.6) is 5.75 Å². The maximum Gasteiger partial charge on any atom is 0.224 e. The van der Waals surface area contributed by atoms with Crippen LogP contribution in [0.3, 0.4) is 0 Å². The first kappa shape index (κ1) is 15.0. The van der Waals surface area contributed by atoms with E-state index < -0.39 is 0 Å². The maximum absolute atomic E-state index is 12.0. The van der Waals surface area contributed by atoms with Gasteiger partial charge in [-0.2, -0.15) is 0 Å². The van der Waals surface area contributed by atoms with Crippen molar-refractivity contribution in [3.8, 4) is 5.75 Å². The number of nitrogens with zero attached hydrogens (tertiary/aromatic N) is 1. The molecule has 0 radical (unpaired) electrons. The number of aromatic nitrogens is 1. The predicted molar refractivity (Wildman–Crippen MR) is 83.4 cm³/mol. The number of aryl methyl sites for hydroxylation is 1. The fourth-order valence-electron chi connectivity index (χ4n) is 2.06. The third-order valence-electron chi connectivity index (χ3n) is 3.05. The smallest absolute Gasteiger partial charge is 0.224 e. The van der Waals surface area contributed by atoms with Crippen LogP contribution in [0.2, 0.25) is 0 Å². The molecule has 0 aliphatic rings. The average molecular weight is 284 g/mol. The number of hydrogen-bond acceptors (Lipinski definition) is 3. The maximum atomic E-state index is 12.0. The Hall–Kier alpha value is -2.36. The third-order valence-corrected chi connectivity index (χ3v) is 3.05. The molecule has 0 aliphatic heterocycles. The largest absolute Gasteiger partial charge is 0.492 e. The van der Waals surface area contributed by atoms with Gasteiger partial charge in [-0.25, -0.2) is 0 Å². The van der Waals surface area contributed by atoms with Crippen LogP contribution in [-0.4, -0.2) is 17.5 Å². The average Bonchev–Trinajstić information content (AvgIpc) is 2.50. The Morgan fingerprint density at radius 1 is 1.24 bits per heavy atom. The van der Waals surface area contributed by atoms with Crippen molar-refractivity contribution in [2.24, 2.45) is 0 Å². The zero-order chi connectivity index (χ0) is 14.9. The van der Waals surface area contributed by atoms with Gasteiger partial charge in [-0.3, -0.25) is 9.78 Å². The number of ether oxygens (including phenoxy) is 1. The van der Waals surface area contributed by atoms with Gasteiger partial charge in [0.1, 0.15) is 5.75 Å². The van der Waals surface area contributed by atoms with Crippen molar-refractivity contribution in [3.63, 3.8) is 0 Å². The lowest BCUT2D eigenvalue weighted by Crippen LogP contribution is -2.12. The number of para-hydroxylation sites is 2. The van der Waals surface area contributed by atoms with E-state index in [-0.39, 0.29) is 5.91 Å². The van der Waals surface area contributed by atoms with Gasteiger partial charge in [0.05, 0.1) is 12.3 Å². The van der Waals surface area contributed by atoms with Crippen molar-refractivity contribution in [3.05, 3.63) is 54.4 Å². The second-order valence-corrected chi connectivity index (χ2v) is 4.69. The number of pyridine rings is 1. The first-order valence-electron chi connectivity index (χ1n) is 7.20. The predicted octanol–water partition coefficient (Wildman–Crippen LogP) is 3.44. The zero-order valence-electron chi connectivity index (χ0n) is 12.2. The molecule has 1 aromatic carbocycles. The summed E-state index contributed by atoms with van der Waals surface area (Å²) in [6, 6.07) is 11.4. The van der Waals surface area contributed by atoms with Crippen molar-refractivity contribution >= 4 is 11.6 Å². The summed E-state index contributed by atoms with van der Waals surface area (Å²) in [6.45, 7) is 2.50. The van der Waals surface area contributed by atoms with Gasteiger partial charge in [-0.05, 0) is 43.5 Å². The van der Waals surface area contributed by atoms with E-state index >= 15 is 0 Å². The molecule has 0 bridgehead atoms. The molecule has 21 heavy (non-hydrogen) atoms. The van der Waals surface area contributed by atoms with E-state index in [9.17, 15) is 4.79 Å². The number of rotatable bonds is 7. The summed E-state index contributed by atoms with van der Waals surface area (Å²) in [5.74, 6) is 0.714. The Balaban J connectivity index is 1.82. The molecule has 0 saturated carbocycles. The Kier molecular flexibility index (Phi) is 5.76. The zero-order valence-corrected chi connectivity index (χ0v) is 12.2. The number of amides is 1. The van der Waals surface area contributed by atoms with Crippen molar-refractivity contribution in [1.82, 2.24) is 4.98 Å². The van der Waals surface area contributed by atoms with Gasteiger partial charge in [-0.1, -0.05) is 18.2 Å². The first-order valence-corrected chi connectivity index (χ1v) is 7.20. The highest BCUT2D eigenvalue weighted by molar-refractivity contribution is 5.92. The van der Waals surface area contributed by atoms with Crippen LogP contribution in [0.4, 0.5) is 5.69 Å². The summed E-state index contributed by atoms with van der Waals surface area (Å²) >= 11 is 0. The molecule has 0 spiro atoms. The minimum atomic E-state index is 0.00560. The van der Waals surface area contributed by atoms with Crippen LogP contribution in [0.1, 0.15) is 25.3 Å². The highest BCUT2D eigenvalue weighted by Gasteiger charge is 2.07. The highest BCUT2D eigenvalue weighted by Crippen LogP contribution is 2.23. The van der Waals surface area contributed by atoms with Gasteiger partial charge in [0.25, 0.3) is 0 Å². The van der Waals surface area contributed by atoms with E-state index in [4.69, 9.17) is 4.74 Å². The Morgan fingerprint density at radius 2 is 2.10 bits per heavy atom. The van der Waals surface area contributed by atoms with Gasteiger partial charge >= 0.3 is 0 Å². The van der Waals surface area contributed by atoms with Gasteiger partial charge in [0.15, 0.2) is 0 Å². The molecule has 1 heterocycles. The minimum absolute atomic E-state index is 0.00560. The monoisotopic (exact) mass is 284 g/mol. The second-order valence-electron chi connectivity index (χ2n) is 4.69. The summed E-state index contributed by atoms with van der Waals surface area (Å²) in [6.07, 6.45) is 5.72. The van der Waals surface area contributed by atoms with Crippen LogP contribution >= 0.6 is 0 Å². The van der Waals surface area contributed by atoms with Gasteiger partial charge in [0.2, 0.25) is 5.91 Å². The highest BCUT2D eigenvalue weighted by atomic mass is 16.5. The van der Waals surface area contributed by atoms with Crippen LogP contribution in [0.25, 0.3) is 0 Å². The molecule has 1 amide bonds. The molecule has 110 valence electrons. The van der Waals surface area contributed by atoms with Crippen LogP contribution in [0.15, 0.2) is 48.8 Å². The molecular weight excluding hydrogens is 264 g/mol. The molecule has 0 unspecified atom stereocenters. The molecule has 0 atom stereocenters. The Labute approximate surface area is 125 Å². The third kappa shape index (κ3) is 4.91. The van der Waals surface area contributed by atoms with Crippen molar-refractivity contribution in [2.45, 2.75) is 26.2 Å². The van der Waals surface area contributed by atoms with Gasteiger partial charge < -0.3 is 10.1 Å². The minimum Gasteiger partial charge on any atom is -0.492 e. The Morgan fingerprint density at radius 3 is 2.86 bits per heavy atom. The molecule has 1 N–H and O–H groups in total. The van der Waals surface area contributed by atoms with Crippen molar-refractivity contribution < 1.29 is 9.53 Å². The second kappa shape index (κ2) is 8.04. The molecule has 1 aromatic heterocycles. The van der Waals surface area contributed by atoms with Crippen molar-refractivity contribution in [2.75, 3.05) is 11.9 Å². The molecule has 2 aromatic rings. The van der Waals surface area contributed by atoms with E-state index in [1.807, 2.05) is 49.5 Å². The molecule has 0 saturated heterocycles. The van der Waals surface area contributed by atoms with Gasteiger partial charge in [0, 0.05) is 18.8 Å². The summed E-state index contributed by atoms with van der Waals surface area (Å²) in [5.41, 5.74) is 1.88. The molecule has 4 heteroatoms. The van der Waals surface area contributed by atoms with Crippen LogP contribution < -0.4 is 10.1 Å². The first-order chi connectivity index (χ1) is 10.3. The topological polar surface area (TPSA) is 51.2 Å². The van der Waals surface area contributed by atoms with Crippen LogP contribution in [0, 0.1) is 0 Å². The summed E-state index contributed by atoms with van der Waals surface area (Å²) in [7, 11) is 0. The number of carbonyl (C=O) groups is 1. The number of carbonyl (C=O) groups excluding carboxylic acids is 1. The fourth-order valence-corrected chi connectivity index (χ4v) is 2.06. The summed E-state index contributed by atoms with van der Waals surface area (Å²) < 4.78 is 5.49. The van der Waals surface area contributed by atoms with Gasteiger partial charge in [-0.15, -0.1) is 0 Å². The summed E-state index contributed by atoms with van der Waals surface area (Å²) in [4.78, 5) is 16.0. The van der Waals surface area contributed by atoms with E-state index in [0.29, 0.717) is 18.8 Å². The van der Waals surface area contributed by atoms with Crippen LogP contribution in [-0.2, 0) is 11.2 Å². The number of nitrogens with one attached hydrogen (secondary N) is 1. The summed E-state index contributed by atoms with van der Waals surface area (Å²) in [5, 5.41) is 2.90. The van der Waals surface area contributed by atoms with Crippen molar-refractivity contribution in [1.29, 1.82) is 0 Å². The fraction of sp³-hybridized carbons (Fsp3) is 0.294. The molecule has 2 rings (SSSR count). The lowest BCUT2D eigenvalue weighted by molar-refractivity contribution is -0.116. The van der Waals surface area contributed by atoms with E-state index in [0.717, 1.165) is 24.1 Å². The molecule has 0 fully saturated rings. The standard InChI is InChI=1S/C17H20N2O2/c1-2-21-16-10-4-3-9-15(16)19-17(20)11-5-7-14-8-6-12-18-13-14/h3-4,6,8-10,12-13H,2,5,7,11H2,1H3,(H,19,20). The molecular formula is C17H20N2O2. The number of hydrogen-bond donors (Lipinski definition) is 1. The lowest BCUT2D eigenvalue weighted by Gasteiger charge is -2.11. The Bertz CT molecular complexity index is 570. The van der Waals surface area contributed by atoms with E-state index in [1.165, 1.54) is 0 Å². The molecule has 4 nitrogen and oxygen atoms in total. The van der Waals surface area contributed by atoms with E-state index in [2.05, 4.69) is 10.3 Å². The lowest BCUT2D eigenvalue weighted by atomic mass is 10.1. The quantitative estimate of drug-likeness (QED) is 0.847. The SMILES string of the molecule is CCOc1ccccc1NC(=O)CCCc1cccnc1. The van der Waals surface area contributed by atoms with E-state index in [1.54, 1.807) is 6.20 Å². The number of anilines is 1. The molecule has 0 aliphatic carbocycles.